The van der Waals surface area contributed by atoms with Crippen LogP contribution in [0.3, 0.4) is 0 Å². The highest BCUT2D eigenvalue weighted by Gasteiger charge is 2.58. The van der Waals surface area contributed by atoms with Gasteiger partial charge in [0.1, 0.15) is 24.1 Å². The molecule has 0 aromatic heterocycles. The zero-order valence-corrected chi connectivity index (χ0v) is 17.0. The van der Waals surface area contributed by atoms with Crippen molar-refractivity contribution in [1.29, 1.82) is 0 Å². The molecule has 0 radical (unpaired) electrons. The summed E-state index contributed by atoms with van der Waals surface area (Å²) in [6.07, 6.45) is -1.55. The Hall–Kier alpha value is -1.36. The summed E-state index contributed by atoms with van der Waals surface area (Å²) in [6, 6.07) is 5.65. The Bertz CT molecular complexity index is 744. The number of thiocarbonyl (C=S) groups is 1. The Morgan fingerprint density at radius 1 is 1.04 bits per heavy atom. The number of ether oxygens (including phenoxy) is 5. The maximum atomic E-state index is 13.1. The van der Waals surface area contributed by atoms with Crippen molar-refractivity contribution in [2.24, 2.45) is 0 Å². The van der Waals surface area contributed by atoms with E-state index >= 15 is 0 Å². The average molecular weight is 412 g/mol. The molecule has 0 spiro atoms. The maximum absolute atomic E-state index is 13.1. The van der Waals surface area contributed by atoms with Crippen LogP contribution in [0.4, 0.5) is 10.1 Å². The fraction of sp³-hybridized carbons (Fsp3) is 0.632. The second kappa shape index (κ2) is 7.16. The molecule has 9 heteroatoms. The summed E-state index contributed by atoms with van der Waals surface area (Å²) < 4.78 is 42.8. The molecular formula is C19H25FN2O5S. The molecule has 154 valence electrons. The van der Waals surface area contributed by atoms with Crippen LogP contribution in [-0.4, -0.2) is 53.9 Å². The fourth-order valence-corrected chi connectivity index (χ4v) is 4.00. The van der Waals surface area contributed by atoms with Gasteiger partial charge in [-0.1, -0.05) is 0 Å². The lowest BCUT2D eigenvalue weighted by Gasteiger charge is -2.30. The first-order valence-electron chi connectivity index (χ1n) is 9.28. The zero-order chi connectivity index (χ0) is 20.1. The minimum absolute atomic E-state index is 0.290. The maximum Gasteiger partial charge on any atom is 0.189 e. The number of anilines is 1. The molecule has 7 nitrogen and oxygen atoms in total. The second-order valence-electron chi connectivity index (χ2n) is 8.07. The molecular weight excluding hydrogens is 387 g/mol. The molecule has 3 aliphatic rings. The number of nitrogens with one attached hydrogen (secondary N) is 2. The zero-order valence-electron chi connectivity index (χ0n) is 16.2. The number of benzene rings is 1. The molecule has 0 bridgehead atoms. The molecule has 0 aliphatic carbocycles. The van der Waals surface area contributed by atoms with E-state index in [2.05, 4.69) is 10.6 Å². The van der Waals surface area contributed by atoms with Crippen molar-refractivity contribution < 1.29 is 28.1 Å². The van der Waals surface area contributed by atoms with Crippen LogP contribution >= 0.6 is 12.2 Å². The minimum Gasteiger partial charge on any atom is -0.354 e. The summed E-state index contributed by atoms with van der Waals surface area (Å²) in [6.45, 7) is 7.81. The van der Waals surface area contributed by atoms with Gasteiger partial charge in [-0.25, -0.2) is 4.39 Å². The van der Waals surface area contributed by atoms with Crippen LogP contribution in [0.1, 0.15) is 27.7 Å². The van der Waals surface area contributed by atoms with Gasteiger partial charge < -0.3 is 34.3 Å². The van der Waals surface area contributed by atoms with E-state index in [4.69, 9.17) is 35.9 Å². The van der Waals surface area contributed by atoms with Crippen molar-refractivity contribution in [2.75, 3.05) is 11.9 Å². The van der Waals surface area contributed by atoms with E-state index in [0.717, 1.165) is 0 Å². The van der Waals surface area contributed by atoms with Crippen LogP contribution in [0.15, 0.2) is 24.3 Å². The van der Waals surface area contributed by atoms with Gasteiger partial charge in [-0.15, -0.1) is 0 Å². The second-order valence-corrected chi connectivity index (χ2v) is 8.48. The van der Waals surface area contributed by atoms with Gasteiger partial charge in [0.2, 0.25) is 0 Å². The van der Waals surface area contributed by atoms with Gasteiger partial charge in [0.05, 0.1) is 12.6 Å². The summed E-state index contributed by atoms with van der Waals surface area (Å²) in [5, 5.41) is 6.69. The molecule has 1 aromatic carbocycles. The van der Waals surface area contributed by atoms with Crippen LogP contribution in [0, 0.1) is 5.82 Å². The topological polar surface area (TPSA) is 70.2 Å². The van der Waals surface area contributed by atoms with Crippen molar-refractivity contribution in [2.45, 2.75) is 69.9 Å². The Morgan fingerprint density at radius 3 is 2.39 bits per heavy atom. The third kappa shape index (κ3) is 4.14. The Morgan fingerprint density at radius 2 is 1.75 bits per heavy atom. The summed E-state index contributed by atoms with van der Waals surface area (Å²) in [4.78, 5) is 0. The van der Waals surface area contributed by atoms with E-state index in [1.54, 1.807) is 12.1 Å². The molecule has 3 saturated heterocycles. The molecule has 2 N–H and O–H groups in total. The SMILES string of the molecule is CC1(C)OCC([C@H]2O[C@@H]3OC(C)(C)O[C@@H]3[C@@H]2NC(=S)Nc2ccc(F)cc2)O1. The largest absolute Gasteiger partial charge is 0.354 e. The molecule has 0 saturated carbocycles. The van der Waals surface area contributed by atoms with Crippen LogP contribution in [-0.2, 0) is 23.7 Å². The van der Waals surface area contributed by atoms with E-state index in [0.29, 0.717) is 17.4 Å². The standard InChI is InChI=1S/C19H25FN2O5S/c1-18(2)23-9-12(25-18)14-13(15-16(24-14)27-19(3,4)26-15)22-17(28)21-11-7-5-10(20)6-8-11/h5-8,12-16H,9H2,1-4H3,(H2,21,22,28)/t12?,13-,14-,15-,16-/m1/s1. The number of fused-ring (bicyclic) bond motifs is 1. The normalized spacial score (nSPS) is 35.5. The Kier molecular flexibility index (Phi) is 5.09. The summed E-state index contributed by atoms with van der Waals surface area (Å²) in [5.41, 5.74) is 0.677. The van der Waals surface area contributed by atoms with Gasteiger partial charge >= 0.3 is 0 Å². The third-order valence-electron chi connectivity index (χ3n) is 4.88. The first-order chi connectivity index (χ1) is 13.1. The minimum atomic E-state index is -0.751. The van der Waals surface area contributed by atoms with Crippen molar-refractivity contribution >= 4 is 23.0 Å². The smallest absolute Gasteiger partial charge is 0.189 e. The predicted octanol–water partition coefficient (Wildman–Crippen LogP) is 2.51. The highest BCUT2D eigenvalue weighted by Crippen LogP contribution is 2.40. The van der Waals surface area contributed by atoms with Crippen LogP contribution in [0.2, 0.25) is 0 Å². The Labute approximate surface area is 168 Å². The van der Waals surface area contributed by atoms with Gasteiger partial charge in [-0.05, 0) is 64.2 Å². The van der Waals surface area contributed by atoms with E-state index in [9.17, 15) is 4.39 Å². The summed E-state index contributed by atoms with van der Waals surface area (Å²) in [5.74, 6) is -1.74. The molecule has 1 aromatic rings. The van der Waals surface area contributed by atoms with Gasteiger partial charge in [-0.2, -0.15) is 0 Å². The molecule has 3 fully saturated rings. The van der Waals surface area contributed by atoms with Crippen molar-refractivity contribution in [3.8, 4) is 0 Å². The van der Waals surface area contributed by atoms with Gasteiger partial charge in [0.25, 0.3) is 0 Å². The summed E-state index contributed by atoms with van der Waals surface area (Å²) >= 11 is 5.46. The quantitative estimate of drug-likeness (QED) is 0.734. The monoisotopic (exact) mass is 412 g/mol. The molecule has 28 heavy (non-hydrogen) atoms. The van der Waals surface area contributed by atoms with E-state index in [1.807, 2.05) is 27.7 Å². The molecule has 3 heterocycles. The molecule has 5 atom stereocenters. The van der Waals surface area contributed by atoms with E-state index in [1.165, 1.54) is 12.1 Å². The van der Waals surface area contributed by atoms with Crippen LogP contribution in [0.5, 0.6) is 0 Å². The fourth-order valence-electron chi connectivity index (χ4n) is 3.74. The van der Waals surface area contributed by atoms with Crippen LogP contribution < -0.4 is 10.6 Å². The van der Waals surface area contributed by atoms with Gasteiger partial charge in [-0.3, -0.25) is 0 Å². The lowest BCUT2D eigenvalue weighted by atomic mass is 10.0. The lowest BCUT2D eigenvalue weighted by Crippen LogP contribution is -2.53. The number of hydrogen-bond donors (Lipinski definition) is 2. The highest BCUT2D eigenvalue weighted by atomic mass is 32.1. The molecule has 0 amide bonds. The van der Waals surface area contributed by atoms with Gasteiger partial charge in [0, 0.05) is 5.69 Å². The number of rotatable bonds is 3. The average Bonchev–Trinajstić information content (AvgIpc) is 3.20. The predicted molar refractivity (Wildman–Crippen MR) is 103 cm³/mol. The third-order valence-corrected chi connectivity index (χ3v) is 5.10. The van der Waals surface area contributed by atoms with Gasteiger partial charge in [0.15, 0.2) is 23.0 Å². The number of halogens is 1. The molecule has 1 unspecified atom stereocenters. The van der Waals surface area contributed by atoms with Crippen molar-refractivity contribution in [3.05, 3.63) is 30.1 Å². The van der Waals surface area contributed by atoms with Crippen molar-refractivity contribution in [1.82, 2.24) is 5.32 Å². The number of hydrogen-bond acceptors (Lipinski definition) is 6. The first-order valence-corrected chi connectivity index (χ1v) is 9.69. The first kappa shape index (κ1) is 19.9. The highest BCUT2D eigenvalue weighted by molar-refractivity contribution is 7.80. The Balaban J connectivity index is 1.48. The molecule has 3 aliphatic heterocycles. The van der Waals surface area contributed by atoms with E-state index in [-0.39, 0.29) is 30.2 Å². The van der Waals surface area contributed by atoms with Crippen molar-refractivity contribution in [3.63, 3.8) is 0 Å². The van der Waals surface area contributed by atoms with E-state index < -0.39 is 17.9 Å². The summed E-state index contributed by atoms with van der Waals surface area (Å²) in [7, 11) is 0. The van der Waals surface area contributed by atoms with Crippen LogP contribution in [0.25, 0.3) is 0 Å². The lowest BCUT2D eigenvalue weighted by molar-refractivity contribution is -0.223. The molecule has 4 rings (SSSR count).